The minimum atomic E-state index is -1.21. The molecule has 0 aromatic rings. The van der Waals surface area contributed by atoms with Crippen molar-refractivity contribution in [3.63, 3.8) is 0 Å². The van der Waals surface area contributed by atoms with E-state index in [4.69, 9.17) is 14.6 Å². The third-order valence-corrected chi connectivity index (χ3v) is 12.5. The number of esters is 1. The number of carboxylic acids is 1. The first-order chi connectivity index (χ1) is 16.7. The van der Waals surface area contributed by atoms with E-state index in [-0.39, 0.29) is 11.8 Å². The van der Waals surface area contributed by atoms with Crippen LogP contribution in [0.5, 0.6) is 0 Å². The molecule has 0 fully saturated rings. The van der Waals surface area contributed by atoms with Crippen LogP contribution >= 0.6 is 7.26 Å². The molecule has 35 heavy (non-hydrogen) atoms. The Bertz CT molecular complexity index is 524. The molecule has 0 aromatic carbocycles. The van der Waals surface area contributed by atoms with Gasteiger partial charge in [-0.05, 0) is 40.5 Å². The minimum absolute atomic E-state index is 0.0723. The number of carboxylic acid groups (broad SMARTS) is 1. The van der Waals surface area contributed by atoms with E-state index in [1.54, 1.807) is 6.92 Å². The van der Waals surface area contributed by atoms with E-state index >= 15 is 0 Å². The van der Waals surface area contributed by atoms with Crippen molar-refractivity contribution in [1.82, 2.24) is 0 Å². The lowest BCUT2D eigenvalue weighted by Crippen LogP contribution is -2.24. The van der Waals surface area contributed by atoms with Crippen molar-refractivity contribution < 1.29 is 19.4 Å². The standard InChI is InChI=1S/C28H56O2P.C2H4O2/c1-7-10-11-12-13-14-15-16-17-18-19-20-21-22-23-24-25-31(8-2,9-3)27(6)30-28(29)26(4)5;1-2(3)4/h27H,4,7-25H2,1-3,5-6H3;1H3,(H,3,4)/q+1;/p-1. The van der Waals surface area contributed by atoms with Gasteiger partial charge in [-0.2, -0.15) is 0 Å². The SMILES string of the molecule is C=C(C)C(=O)OC(C)[P+](CC)(CC)CCCCCCCCCCCCCCCCCC.CC(=O)[O-]. The van der Waals surface area contributed by atoms with Crippen molar-refractivity contribution in [3.8, 4) is 0 Å². The highest BCUT2D eigenvalue weighted by atomic mass is 31.2. The first-order valence-corrected chi connectivity index (χ1v) is 17.0. The lowest BCUT2D eigenvalue weighted by atomic mass is 10.0. The van der Waals surface area contributed by atoms with Crippen LogP contribution in [0.2, 0.25) is 0 Å². The molecule has 0 radical (unpaired) electrons. The third kappa shape index (κ3) is 22.1. The molecule has 0 amide bonds. The zero-order chi connectivity index (χ0) is 27.0. The fourth-order valence-electron chi connectivity index (χ4n) is 4.58. The second-order valence-corrected chi connectivity index (χ2v) is 15.0. The lowest BCUT2D eigenvalue weighted by Gasteiger charge is -2.30. The first kappa shape index (κ1) is 36.3. The van der Waals surface area contributed by atoms with E-state index < -0.39 is 13.2 Å². The van der Waals surface area contributed by atoms with Gasteiger partial charge >= 0.3 is 5.97 Å². The molecule has 0 aliphatic carbocycles. The van der Waals surface area contributed by atoms with Crippen LogP contribution in [-0.2, 0) is 14.3 Å². The first-order valence-electron chi connectivity index (χ1n) is 14.6. The summed E-state index contributed by atoms with van der Waals surface area (Å²) < 4.78 is 5.75. The highest BCUT2D eigenvalue weighted by Crippen LogP contribution is 2.63. The summed E-state index contributed by atoms with van der Waals surface area (Å²) in [5.74, 6) is -1.23. The number of aliphatic carboxylic acids is 1. The molecule has 208 valence electrons. The molecule has 0 aromatic heterocycles. The number of hydrogen-bond acceptors (Lipinski definition) is 4. The Balaban J connectivity index is 0. The molecule has 0 rings (SSSR count). The summed E-state index contributed by atoms with van der Waals surface area (Å²) in [5, 5.41) is 8.89. The van der Waals surface area contributed by atoms with Crippen LogP contribution in [0, 0.1) is 0 Å². The molecular formula is C30H59O4P. The number of carbonyl (C=O) groups excluding carboxylic acids is 2. The van der Waals surface area contributed by atoms with Crippen molar-refractivity contribution in [2.45, 2.75) is 150 Å². The van der Waals surface area contributed by atoms with Gasteiger partial charge < -0.3 is 14.6 Å². The summed E-state index contributed by atoms with van der Waals surface area (Å²) >= 11 is 0. The average Bonchev–Trinajstić information content (AvgIpc) is 2.81. The van der Waals surface area contributed by atoms with Crippen molar-refractivity contribution in [3.05, 3.63) is 12.2 Å². The van der Waals surface area contributed by atoms with Crippen LogP contribution in [0.3, 0.4) is 0 Å². The van der Waals surface area contributed by atoms with E-state index in [1.165, 1.54) is 121 Å². The maximum Gasteiger partial charge on any atom is 0.336 e. The molecule has 0 spiro atoms. The van der Waals surface area contributed by atoms with E-state index in [0.29, 0.717) is 5.57 Å². The minimum Gasteiger partial charge on any atom is -0.550 e. The number of unbranched alkanes of at least 4 members (excludes halogenated alkanes) is 15. The topological polar surface area (TPSA) is 66.4 Å². The monoisotopic (exact) mass is 514 g/mol. The van der Waals surface area contributed by atoms with Crippen molar-refractivity contribution in [1.29, 1.82) is 0 Å². The van der Waals surface area contributed by atoms with E-state index in [0.717, 1.165) is 6.92 Å². The molecule has 0 aliphatic rings. The molecule has 0 saturated carbocycles. The Morgan fingerprint density at radius 3 is 1.31 bits per heavy atom. The predicted octanol–water partition coefficient (Wildman–Crippen LogP) is 8.53. The Morgan fingerprint density at radius 2 is 1.03 bits per heavy atom. The van der Waals surface area contributed by atoms with Crippen LogP contribution in [-0.4, -0.2) is 36.3 Å². The molecule has 0 bridgehead atoms. The molecule has 0 N–H and O–H groups in total. The zero-order valence-electron chi connectivity index (χ0n) is 24.3. The molecule has 1 atom stereocenters. The molecule has 4 nitrogen and oxygen atoms in total. The lowest BCUT2D eigenvalue weighted by molar-refractivity contribution is -0.302. The van der Waals surface area contributed by atoms with Crippen LogP contribution in [0.15, 0.2) is 12.2 Å². The third-order valence-electron chi connectivity index (χ3n) is 7.11. The fourth-order valence-corrected chi connectivity index (χ4v) is 8.22. The Hall–Kier alpha value is -0.890. The number of rotatable bonds is 22. The summed E-state index contributed by atoms with van der Waals surface area (Å²) in [6.45, 7) is 15.4. The number of ether oxygens (including phenoxy) is 1. The van der Waals surface area contributed by atoms with Gasteiger partial charge in [0.1, 0.15) is 0 Å². The summed E-state index contributed by atoms with van der Waals surface area (Å²) in [4.78, 5) is 20.8. The molecule has 0 heterocycles. The normalized spacial score (nSPS) is 11.9. The van der Waals surface area contributed by atoms with Gasteiger partial charge in [-0.1, -0.05) is 103 Å². The summed E-state index contributed by atoms with van der Waals surface area (Å²) in [7, 11) is -1.21. The average molecular weight is 515 g/mol. The van der Waals surface area contributed by atoms with Gasteiger partial charge in [0.15, 0.2) is 0 Å². The predicted molar refractivity (Wildman–Crippen MR) is 153 cm³/mol. The van der Waals surface area contributed by atoms with E-state index in [9.17, 15) is 4.79 Å². The maximum atomic E-state index is 12.0. The largest absolute Gasteiger partial charge is 0.550 e. The summed E-state index contributed by atoms with van der Waals surface area (Å²) in [6.07, 6.45) is 26.2. The smallest absolute Gasteiger partial charge is 0.336 e. The van der Waals surface area contributed by atoms with E-state index in [2.05, 4.69) is 34.3 Å². The number of hydrogen-bond donors (Lipinski definition) is 0. The second-order valence-electron chi connectivity index (χ2n) is 10.2. The van der Waals surface area contributed by atoms with Gasteiger partial charge in [-0.25, -0.2) is 4.79 Å². The van der Waals surface area contributed by atoms with Crippen molar-refractivity contribution in [2.24, 2.45) is 0 Å². The van der Waals surface area contributed by atoms with Gasteiger partial charge in [0.05, 0.1) is 25.7 Å². The molecule has 0 saturated heterocycles. The van der Waals surface area contributed by atoms with Crippen molar-refractivity contribution in [2.75, 3.05) is 18.5 Å². The molecule has 0 aliphatic heterocycles. The Kier molecular flexibility index (Phi) is 25.7. The van der Waals surface area contributed by atoms with Crippen LogP contribution < -0.4 is 5.11 Å². The fraction of sp³-hybridized carbons (Fsp3) is 0.867. The van der Waals surface area contributed by atoms with Crippen molar-refractivity contribution >= 4 is 19.2 Å². The van der Waals surface area contributed by atoms with Gasteiger partial charge in [-0.15, -0.1) is 0 Å². The Morgan fingerprint density at radius 1 is 0.714 bits per heavy atom. The highest BCUT2D eigenvalue weighted by molar-refractivity contribution is 7.76. The van der Waals surface area contributed by atoms with Crippen LogP contribution in [0.1, 0.15) is 144 Å². The van der Waals surface area contributed by atoms with Gasteiger partial charge in [0.25, 0.3) is 0 Å². The molecular weight excluding hydrogens is 455 g/mol. The number of carbonyl (C=O) groups is 2. The van der Waals surface area contributed by atoms with Crippen LogP contribution in [0.25, 0.3) is 0 Å². The zero-order valence-corrected chi connectivity index (χ0v) is 25.2. The molecule has 1 unspecified atom stereocenters. The molecule has 5 heteroatoms. The maximum absolute atomic E-state index is 12.0. The Labute approximate surface area is 219 Å². The summed E-state index contributed by atoms with van der Waals surface area (Å²) in [5.41, 5.74) is 0.513. The van der Waals surface area contributed by atoms with Gasteiger partial charge in [0, 0.05) is 18.5 Å². The van der Waals surface area contributed by atoms with Crippen LogP contribution in [0.4, 0.5) is 0 Å². The quantitative estimate of drug-likeness (QED) is 0.0628. The van der Waals surface area contributed by atoms with Gasteiger partial charge in [-0.3, -0.25) is 0 Å². The second kappa shape index (κ2) is 24.8. The van der Waals surface area contributed by atoms with E-state index in [1.807, 2.05) is 0 Å². The van der Waals surface area contributed by atoms with Gasteiger partial charge in [0.2, 0.25) is 5.85 Å². The summed E-state index contributed by atoms with van der Waals surface area (Å²) in [6, 6.07) is 0. The highest BCUT2D eigenvalue weighted by Gasteiger charge is 2.41.